The highest BCUT2D eigenvalue weighted by Crippen LogP contribution is 2.33. The van der Waals surface area contributed by atoms with E-state index in [9.17, 15) is 9.90 Å². The highest BCUT2D eigenvalue weighted by Gasteiger charge is 2.38. The first-order valence-electron chi connectivity index (χ1n) is 7.69. The van der Waals surface area contributed by atoms with Crippen molar-refractivity contribution >= 4 is 5.97 Å². The summed E-state index contributed by atoms with van der Waals surface area (Å²) in [6, 6.07) is 18.5. The fraction of sp³-hybridized carbons (Fsp3) is 0.316. The van der Waals surface area contributed by atoms with Crippen LogP contribution in [0.4, 0.5) is 0 Å². The van der Waals surface area contributed by atoms with E-state index in [1.54, 1.807) is 0 Å². The molecule has 1 saturated heterocycles. The smallest absolute Gasteiger partial charge is 0.308 e. The zero-order valence-electron chi connectivity index (χ0n) is 12.8. The lowest BCUT2D eigenvalue weighted by Crippen LogP contribution is -2.23. The number of hydrogen-bond acceptors (Lipinski definition) is 2. The van der Waals surface area contributed by atoms with Crippen LogP contribution in [0.25, 0.3) is 0 Å². The van der Waals surface area contributed by atoms with E-state index >= 15 is 0 Å². The highest BCUT2D eigenvalue weighted by atomic mass is 16.4. The Morgan fingerprint density at radius 3 is 2.41 bits per heavy atom. The molecule has 114 valence electrons. The molecule has 3 nitrogen and oxygen atoms in total. The largest absolute Gasteiger partial charge is 0.481 e. The summed E-state index contributed by atoms with van der Waals surface area (Å²) in [5, 5.41) is 9.56. The first-order chi connectivity index (χ1) is 10.6. The van der Waals surface area contributed by atoms with Gasteiger partial charge < -0.3 is 5.11 Å². The van der Waals surface area contributed by atoms with Crippen molar-refractivity contribution in [1.82, 2.24) is 4.90 Å². The normalized spacial score (nSPS) is 21.9. The second-order valence-electron chi connectivity index (χ2n) is 6.14. The number of rotatable bonds is 4. The van der Waals surface area contributed by atoms with Crippen LogP contribution in [0.3, 0.4) is 0 Å². The van der Waals surface area contributed by atoms with Crippen LogP contribution in [0.5, 0.6) is 0 Å². The van der Waals surface area contributed by atoms with Crippen molar-refractivity contribution in [2.75, 3.05) is 13.1 Å². The van der Waals surface area contributed by atoms with Gasteiger partial charge in [-0.1, -0.05) is 60.2 Å². The Balaban J connectivity index is 1.77. The topological polar surface area (TPSA) is 40.5 Å². The number of benzene rings is 2. The Labute approximate surface area is 131 Å². The number of aryl methyl sites for hydroxylation is 1. The molecular weight excluding hydrogens is 274 g/mol. The number of hydrogen-bond donors (Lipinski definition) is 1. The number of aliphatic carboxylic acids is 1. The quantitative estimate of drug-likeness (QED) is 0.941. The predicted octanol–water partition coefficient (Wildman–Crippen LogP) is 3.30. The van der Waals surface area contributed by atoms with Gasteiger partial charge in [-0.2, -0.15) is 0 Å². The van der Waals surface area contributed by atoms with Crippen LogP contribution in [0.1, 0.15) is 22.6 Å². The van der Waals surface area contributed by atoms with Gasteiger partial charge in [0.15, 0.2) is 0 Å². The summed E-state index contributed by atoms with van der Waals surface area (Å²) in [6.45, 7) is 4.28. The molecule has 0 aromatic heterocycles. The van der Waals surface area contributed by atoms with Gasteiger partial charge in [0, 0.05) is 25.6 Å². The molecule has 3 heteroatoms. The molecule has 0 unspecified atom stereocenters. The maximum Gasteiger partial charge on any atom is 0.308 e. The summed E-state index contributed by atoms with van der Waals surface area (Å²) in [4.78, 5) is 13.9. The zero-order chi connectivity index (χ0) is 15.5. The van der Waals surface area contributed by atoms with Gasteiger partial charge in [0.2, 0.25) is 0 Å². The fourth-order valence-corrected chi connectivity index (χ4v) is 3.26. The zero-order valence-corrected chi connectivity index (χ0v) is 12.8. The molecule has 3 rings (SSSR count). The summed E-state index contributed by atoms with van der Waals surface area (Å²) < 4.78 is 0. The second kappa shape index (κ2) is 6.32. The average molecular weight is 295 g/mol. The van der Waals surface area contributed by atoms with Crippen molar-refractivity contribution in [3.05, 3.63) is 71.3 Å². The number of carboxylic acid groups (broad SMARTS) is 1. The molecule has 2 aromatic rings. The van der Waals surface area contributed by atoms with E-state index in [0.29, 0.717) is 6.54 Å². The van der Waals surface area contributed by atoms with Crippen molar-refractivity contribution < 1.29 is 9.90 Å². The van der Waals surface area contributed by atoms with E-state index in [1.165, 1.54) is 11.1 Å². The Morgan fingerprint density at radius 2 is 1.77 bits per heavy atom. The number of carbonyl (C=O) groups is 1. The molecular formula is C19H21NO2. The molecule has 0 bridgehead atoms. The molecule has 2 atom stereocenters. The summed E-state index contributed by atoms with van der Waals surface area (Å²) in [7, 11) is 0. The summed E-state index contributed by atoms with van der Waals surface area (Å²) in [5.41, 5.74) is 3.57. The molecule has 1 aliphatic heterocycles. The van der Waals surface area contributed by atoms with E-state index < -0.39 is 5.97 Å². The van der Waals surface area contributed by atoms with Gasteiger partial charge in [-0.3, -0.25) is 9.69 Å². The van der Waals surface area contributed by atoms with Gasteiger partial charge in [0.25, 0.3) is 0 Å². The third-order valence-corrected chi connectivity index (χ3v) is 4.47. The lowest BCUT2D eigenvalue weighted by atomic mass is 9.89. The number of carboxylic acids is 1. The fourth-order valence-electron chi connectivity index (χ4n) is 3.26. The molecule has 0 amide bonds. The summed E-state index contributed by atoms with van der Waals surface area (Å²) in [6.07, 6.45) is 0. The van der Waals surface area contributed by atoms with Gasteiger partial charge in [-0.25, -0.2) is 0 Å². The van der Waals surface area contributed by atoms with Crippen LogP contribution in [0.15, 0.2) is 54.6 Å². The van der Waals surface area contributed by atoms with E-state index in [0.717, 1.165) is 18.7 Å². The van der Waals surface area contributed by atoms with Crippen molar-refractivity contribution in [3.63, 3.8) is 0 Å². The van der Waals surface area contributed by atoms with Gasteiger partial charge in [-0.15, -0.1) is 0 Å². The molecule has 0 saturated carbocycles. The van der Waals surface area contributed by atoms with Crippen LogP contribution in [-0.2, 0) is 11.3 Å². The highest BCUT2D eigenvalue weighted by molar-refractivity contribution is 5.72. The van der Waals surface area contributed by atoms with E-state index in [4.69, 9.17) is 0 Å². The molecule has 2 aromatic carbocycles. The molecule has 1 heterocycles. The summed E-state index contributed by atoms with van der Waals surface area (Å²) in [5.74, 6) is -0.950. The molecule has 0 radical (unpaired) electrons. The summed E-state index contributed by atoms with van der Waals surface area (Å²) >= 11 is 0. The molecule has 0 aliphatic carbocycles. The molecule has 22 heavy (non-hydrogen) atoms. The van der Waals surface area contributed by atoms with E-state index in [-0.39, 0.29) is 11.8 Å². The number of nitrogens with zero attached hydrogens (tertiary/aromatic N) is 1. The van der Waals surface area contributed by atoms with Crippen molar-refractivity contribution in [3.8, 4) is 0 Å². The maximum absolute atomic E-state index is 11.6. The van der Waals surface area contributed by atoms with E-state index in [2.05, 4.69) is 48.2 Å². The first kappa shape index (κ1) is 14.8. The minimum atomic E-state index is -0.693. The monoisotopic (exact) mass is 295 g/mol. The molecule has 1 fully saturated rings. The minimum absolute atomic E-state index is 0.0711. The van der Waals surface area contributed by atoms with Gasteiger partial charge in [0.1, 0.15) is 0 Å². The van der Waals surface area contributed by atoms with E-state index in [1.807, 2.05) is 18.2 Å². The SMILES string of the molecule is Cc1ccc([C@H]2CN(Cc3ccccc3)C[C@@H]2C(=O)O)cc1. The lowest BCUT2D eigenvalue weighted by molar-refractivity contribution is -0.141. The Kier molecular flexibility index (Phi) is 4.25. The van der Waals surface area contributed by atoms with Crippen molar-refractivity contribution in [2.24, 2.45) is 5.92 Å². The van der Waals surface area contributed by atoms with Crippen LogP contribution >= 0.6 is 0 Å². The molecule has 0 spiro atoms. The minimum Gasteiger partial charge on any atom is -0.481 e. The van der Waals surface area contributed by atoms with Crippen LogP contribution in [-0.4, -0.2) is 29.1 Å². The molecule has 1 N–H and O–H groups in total. The van der Waals surface area contributed by atoms with Gasteiger partial charge in [0.05, 0.1) is 5.92 Å². The third-order valence-electron chi connectivity index (χ3n) is 4.47. The van der Waals surface area contributed by atoms with Crippen molar-refractivity contribution in [1.29, 1.82) is 0 Å². The standard InChI is InChI=1S/C19H21NO2/c1-14-7-9-16(10-8-14)17-12-20(13-18(17)19(21)22)11-15-5-3-2-4-6-15/h2-10,17-18H,11-13H2,1H3,(H,21,22)/t17-,18+/m1/s1. The van der Waals surface area contributed by atoms with Gasteiger partial charge in [-0.05, 0) is 18.1 Å². The third kappa shape index (κ3) is 3.20. The van der Waals surface area contributed by atoms with Crippen LogP contribution in [0, 0.1) is 12.8 Å². The lowest BCUT2D eigenvalue weighted by Gasteiger charge is -2.16. The first-order valence-corrected chi connectivity index (χ1v) is 7.69. The predicted molar refractivity (Wildman–Crippen MR) is 86.8 cm³/mol. The average Bonchev–Trinajstić information content (AvgIpc) is 2.93. The van der Waals surface area contributed by atoms with Crippen LogP contribution < -0.4 is 0 Å². The second-order valence-corrected chi connectivity index (χ2v) is 6.14. The van der Waals surface area contributed by atoms with Gasteiger partial charge >= 0.3 is 5.97 Å². The maximum atomic E-state index is 11.6. The Hall–Kier alpha value is -2.13. The van der Waals surface area contributed by atoms with Crippen molar-refractivity contribution in [2.45, 2.75) is 19.4 Å². The van der Waals surface area contributed by atoms with Crippen LogP contribution in [0.2, 0.25) is 0 Å². The molecule has 1 aliphatic rings. The Bertz CT molecular complexity index is 636. The Morgan fingerprint density at radius 1 is 1.09 bits per heavy atom. The number of likely N-dealkylation sites (tertiary alicyclic amines) is 1.